The lowest BCUT2D eigenvalue weighted by Crippen LogP contribution is -2.12. The molecule has 0 amide bonds. The first kappa shape index (κ1) is 9.17. The number of hydrogen-bond acceptors (Lipinski definition) is 5. The van der Waals surface area contributed by atoms with E-state index in [4.69, 9.17) is 11.6 Å². The molecule has 0 fully saturated rings. The summed E-state index contributed by atoms with van der Waals surface area (Å²) in [5, 5.41) is 8.86. The monoisotopic (exact) mass is 231 g/mol. The maximum atomic E-state index is 5.73. The van der Waals surface area contributed by atoms with Gasteiger partial charge in [0.15, 0.2) is 5.82 Å². The van der Waals surface area contributed by atoms with Crippen molar-refractivity contribution in [3.05, 3.63) is 30.3 Å². The van der Waals surface area contributed by atoms with Gasteiger partial charge in [0, 0.05) is 4.70 Å². The number of anilines is 1. The van der Waals surface area contributed by atoms with Gasteiger partial charge in [0.05, 0.1) is 4.88 Å². The van der Waals surface area contributed by atoms with E-state index in [1.165, 1.54) is 14.8 Å². The Morgan fingerprint density at radius 1 is 1.19 bits per heavy atom. The van der Waals surface area contributed by atoms with Gasteiger partial charge < -0.3 is 11.6 Å². The second-order valence-corrected chi connectivity index (χ2v) is 4.48. The minimum absolute atomic E-state index is 0.215. The normalized spacial score (nSPS) is 11.0. The standard InChI is InChI=1S/C10H9N5S/c11-10-14-13-9(15(10)12)8-5-6-3-1-2-4-7(6)16-8/h1-5H,12H2,(H2,11,14). The Labute approximate surface area is 95.3 Å². The fourth-order valence-electron chi connectivity index (χ4n) is 1.56. The summed E-state index contributed by atoms with van der Waals surface area (Å²) in [5.74, 6) is 6.54. The number of nitrogens with two attached hydrogens (primary N) is 2. The van der Waals surface area contributed by atoms with E-state index in [1.807, 2.05) is 18.2 Å². The second-order valence-electron chi connectivity index (χ2n) is 3.40. The predicted octanol–water partition coefficient (Wildman–Crippen LogP) is 1.46. The summed E-state index contributed by atoms with van der Waals surface area (Å²) >= 11 is 1.62. The Bertz CT molecular complexity index is 621. The van der Waals surface area contributed by atoms with Gasteiger partial charge in [-0.1, -0.05) is 18.2 Å². The van der Waals surface area contributed by atoms with Crippen LogP contribution < -0.4 is 11.6 Å². The van der Waals surface area contributed by atoms with E-state index in [-0.39, 0.29) is 5.95 Å². The predicted molar refractivity (Wildman–Crippen MR) is 65.4 cm³/mol. The van der Waals surface area contributed by atoms with Crippen LogP contribution in [0.1, 0.15) is 0 Å². The molecule has 2 aromatic heterocycles. The first-order valence-electron chi connectivity index (χ1n) is 4.70. The van der Waals surface area contributed by atoms with E-state index in [0.717, 1.165) is 4.88 Å². The molecule has 1 aromatic carbocycles. The number of fused-ring (bicyclic) bond motifs is 1. The highest BCUT2D eigenvalue weighted by atomic mass is 32.1. The molecule has 3 rings (SSSR count). The molecule has 0 saturated carbocycles. The highest BCUT2D eigenvalue weighted by Gasteiger charge is 2.11. The summed E-state index contributed by atoms with van der Waals surface area (Å²) in [6, 6.07) is 10.2. The Morgan fingerprint density at radius 3 is 2.69 bits per heavy atom. The Morgan fingerprint density at radius 2 is 2.00 bits per heavy atom. The summed E-state index contributed by atoms with van der Waals surface area (Å²) in [6.45, 7) is 0. The fraction of sp³-hybridized carbons (Fsp3) is 0. The van der Waals surface area contributed by atoms with Crippen LogP contribution in [0.4, 0.5) is 5.95 Å². The quantitative estimate of drug-likeness (QED) is 0.621. The largest absolute Gasteiger partial charge is 0.366 e. The maximum Gasteiger partial charge on any atom is 0.241 e. The van der Waals surface area contributed by atoms with Gasteiger partial charge >= 0.3 is 0 Å². The maximum absolute atomic E-state index is 5.73. The molecule has 16 heavy (non-hydrogen) atoms. The van der Waals surface area contributed by atoms with Crippen LogP contribution in [0.15, 0.2) is 30.3 Å². The first-order valence-corrected chi connectivity index (χ1v) is 5.52. The number of thiophene rings is 1. The molecule has 0 radical (unpaired) electrons. The minimum Gasteiger partial charge on any atom is -0.366 e. The van der Waals surface area contributed by atoms with Crippen LogP contribution in [-0.4, -0.2) is 14.9 Å². The third kappa shape index (κ3) is 1.24. The van der Waals surface area contributed by atoms with Crippen molar-refractivity contribution in [2.75, 3.05) is 11.6 Å². The van der Waals surface area contributed by atoms with Crippen molar-refractivity contribution in [2.24, 2.45) is 0 Å². The molecule has 0 spiro atoms. The third-order valence-electron chi connectivity index (χ3n) is 2.37. The molecular formula is C10H9N5S. The molecule has 4 N–H and O–H groups in total. The summed E-state index contributed by atoms with van der Waals surface area (Å²) < 4.78 is 2.49. The Kier molecular flexibility index (Phi) is 1.84. The highest BCUT2D eigenvalue weighted by Crippen LogP contribution is 2.32. The SMILES string of the molecule is Nc1nnc(-c2cc3ccccc3s2)n1N. The van der Waals surface area contributed by atoms with Crippen molar-refractivity contribution in [3.8, 4) is 10.7 Å². The van der Waals surface area contributed by atoms with Gasteiger partial charge in [-0.05, 0) is 17.5 Å². The molecule has 0 saturated heterocycles. The topological polar surface area (TPSA) is 82.8 Å². The Balaban J connectivity index is 2.23. The van der Waals surface area contributed by atoms with Crippen molar-refractivity contribution >= 4 is 27.4 Å². The lowest BCUT2D eigenvalue weighted by molar-refractivity contribution is 1.03. The summed E-state index contributed by atoms with van der Waals surface area (Å²) in [4.78, 5) is 0.966. The zero-order valence-corrected chi connectivity index (χ0v) is 9.11. The Hall–Kier alpha value is -2.08. The summed E-state index contributed by atoms with van der Waals surface area (Å²) in [6.07, 6.45) is 0. The van der Waals surface area contributed by atoms with E-state index < -0.39 is 0 Å². The minimum atomic E-state index is 0.215. The van der Waals surface area contributed by atoms with Crippen molar-refractivity contribution in [3.63, 3.8) is 0 Å². The molecule has 0 aliphatic carbocycles. The molecule has 6 heteroatoms. The van der Waals surface area contributed by atoms with E-state index in [9.17, 15) is 0 Å². The number of hydrogen-bond donors (Lipinski definition) is 2. The fourth-order valence-corrected chi connectivity index (χ4v) is 2.61. The average molecular weight is 231 g/mol. The van der Waals surface area contributed by atoms with E-state index >= 15 is 0 Å². The average Bonchev–Trinajstić information content (AvgIpc) is 2.84. The molecular weight excluding hydrogens is 222 g/mol. The zero-order chi connectivity index (χ0) is 11.1. The van der Waals surface area contributed by atoms with E-state index in [2.05, 4.69) is 22.3 Å². The van der Waals surface area contributed by atoms with Gasteiger partial charge in [0.2, 0.25) is 5.95 Å². The zero-order valence-electron chi connectivity index (χ0n) is 8.29. The van der Waals surface area contributed by atoms with Crippen molar-refractivity contribution in [2.45, 2.75) is 0 Å². The molecule has 0 atom stereocenters. The van der Waals surface area contributed by atoms with Crippen LogP contribution in [0.5, 0.6) is 0 Å². The molecule has 0 unspecified atom stereocenters. The number of nitrogens with zero attached hydrogens (tertiary/aromatic N) is 3. The van der Waals surface area contributed by atoms with E-state index in [0.29, 0.717) is 5.82 Å². The number of nitrogen functional groups attached to an aromatic ring is 2. The van der Waals surface area contributed by atoms with Crippen molar-refractivity contribution < 1.29 is 0 Å². The van der Waals surface area contributed by atoms with Gasteiger partial charge in [-0.25, -0.2) is 4.68 Å². The molecule has 2 heterocycles. The van der Waals surface area contributed by atoms with Crippen LogP contribution >= 0.6 is 11.3 Å². The van der Waals surface area contributed by atoms with Crippen LogP contribution in [0, 0.1) is 0 Å². The molecule has 3 aromatic rings. The van der Waals surface area contributed by atoms with Crippen molar-refractivity contribution in [1.29, 1.82) is 0 Å². The van der Waals surface area contributed by atoms with E-state index in [1.54, 1.807) is 11.3 Å². The van der Waals surface area contributed by atoms with Crippen LogP contribution in [0.2, 0.25) is 0 Å². The smallest absolute Gasteiger partial charge is 0.241 e. The lowest BCUT2D eigenvalue weighted by atomic mass is 10.2. The molecule has 5 nitrogen and oxygen atoms in total. The second kappa shape index (κ2) is 3.21. The van der Waals surface area contributed by atoms with Crippen LogP contribution in [0.3, 0.4) is 0 Å². The van der Waals surface area contributed by atoms with Gasteiger partial charge in [-0.15, -0.1) is 21.5 Å². The van der Waals surface area contributed by atoms with Gasteiger partial charge in [-0.3, -0.25) is 0 Å². The third-order valence-corrected chi connectivity index (χ3v) is 3.48. The molecule has 0 aliphatic heterocycles. The van der Waals surface area contributed by atoms with Gasteiger partial charge in [0.25, 0.3) is 0 Å². The molecule has 0 bridgehead atoms. The van der Waals surface area contributed by atoms with Gasteiger partial charge in [0.1, 0.15) is 0 Å². The summed E-state index contributed by atoms with van der Waals surface area (Å²) in [5.41, 5.74) is 5.54. The van der Waals surface area contributed by atoms with Gasteiger partial charge in [-0.2, -0.15) is 0 Å². The number of aromatic nitrogens is 3. The lowest BCUT2D eigenvalue weighted by Gasteiger charge is -1.96. The van der Waals surface area contributed by atoms with Crippen molar-refractivity contribution in [1.82, 2.24) is 14.9 Å². The first-order chi connectivity index (χ1) is 7.75. The molecule has 0 aliphatic rings. The summed E-state index contributed by atoms with van der Waals surface area (Å²) in [7, 11) is 0. The van der Waals surface area contributed by atoms with Crippen LogP contribution in [0.25, 0.3) is 20.8 Å². The van der Waals surface area contributed by atoms with Crippen LogP contribution in [-0.2, 0) is 0 Å². The highest BCUT2D eigenvalue weighted by molar-refractivity contribution is 7.22. The number of rotatable bonds is 1. The molecule has 80 valence electrons. The number of benzene rings is 1.